The molecule has 0 aliphatic heterocycles. The van der Waals surface area contributed by atoms with E-state index in [9.17, 15) is 9.18 Å². The van der Waals surface area contributed by atoms with Crippen molar-refractivity contribution in [2.24, 2.45) is 5.92 Å². The van der Waals surface area contributed by atoms with Crippen molar-refractivity contribution in [3.8, 4) is 0 Å². The average molecular weight is 279 g/mol. The van der Waals surface area contributed by atoms with Crippen molar-refractivity contribution in [2.45, 2.75) is 51.5 Å². The minimum Gasteiger partial charge on any atom is -0.478 e. The van der Waals surface area contributed by atoms with Crippen LogP contribution in [0.15, 0.2) is 18.2 Å². The molecule has 0 saturated heterocycles. The van der Waals surface area contributed by atoms with E-state index in [0.717, 1.165) is 18.8 Å². The topological polar surface area (TPSA) is 49.3 Å². The highest BCUT2D eigenvalue weighted by atomic mass is 19.1. The predicted molar refractivity (Wildman–Crippen MR) is 77.6 cm³/mol. The lowest BCUT2D eigenvalue weighted by Crippen LogP contribution is -2.27. The van der Waals surface area contributed by atoms with Gasteiger partial charge in [0.05, 0.1) is 5.69 Å². The van der Waals surface area contributed by atoms with Gasteiger partial charge in [-0.25, -0.2) is 9.18 Å². The molecule has 110 valence electrons. The normalized spacial score (nSPS) is 22.5. The van der Waals surface area contributed by atoms with Crippen molar-refractivity contribution in [2.75, 3.05) is 5.32 Å². The van der Waals surface area contributed by atoms with Gasteiger partial charge in [0.2, 0.25) is 0 Å². The van der Waals surface area contributed by atoms with E-state index in [2.05, 4.69) is 12.2 Å². The van der Waals surface area contributed by atoms with Gasteiger partial charge in [-0.2, -0.15) is 0 Å². The number of anilines is 1. The van der Waals surface area contributed by atoms with Gasteiger partial charge in [-0.3, -0.25) is 0 Å². The fraction of sp³-hybridized carbons (Fsp3) is 0.562. The SMILES string of the molecule is CCCC1CCC(Nc2cccc(F)c2C(=O)O)CC1. The van der Waals surface area contributed by atoms with Crippen molar-refractivity contribution in [1.82, 2.24) is 0 Å². The zero-order valence-electron chi connectivity index (χ0n) is 11.9. The summed E-state index contributed by atoms with van der Waals surface area (Å²) >= 11 is 0. The third kappa shape index (κ3) is 3.50. The summed E-state index contributed by atoms with van der Waals surface area (Å²) in [6, 6.07) is 4.63. The smallest absolute Gasteiger partial charge is 0.340 e. The number of halogens is 1. The van der Waals surface area contributed by atoms with E-state index >= 15 is 0 Å². The van der Waals surface area contributed by atoms with E-state index in [1.54, 1.807) is 12.1 Å². The van der Waals surface area contributed by atoms with Crippen LogP contribution in [0.1, 0.15) is 55.8 Å². The number of carboxylic acids is 1. The van der Waals surface area contributed by atoms with E-state index < -0.39 is 11.8 Å². The number of benzene rings is 1. The molecule has 0 atom stereocenters. The van der Waals surface area contributed by atoms with Crippen molar-refractivity contribution in [1.29, 1.82) is 0 Å². The number of hydrogen-bond donors (Lipinski definition) is 2. The van der Waals surface area contributed by atoms with E-state index in [0.29, 0.717) is 5.69 Å². The van der Waals surface area contributed by atoms with Crippen molar-refractivity contribution >= 4 is 11.7 Å². The molecule has 20 heavy (non-hydrogen) atoms. The molecule has 0 spiro atoms. The Balaban J connectivity index is 2.01. The number of rotatable bonds is 5. The number of carbonyl (C=O) groups is 1. The molecule has 2 N–H and O–H groups in total. The summed E-state index contributed by atoms with van der Waals surface area (Å²) in [4.78, 5) is 11.1. The molecule has 1 aliphatic carbocycles. The van der Waals surface area contributed by atoms with Crippen molar-refractivity contribution in [3.05, 3.63) is 29.6 Å². The minimum atomic E-state index is -1.22. The lowest BCUT2D eigenvalue weighted by molar-refractivity contribution is 0.0693. The van der Waals surface area contributed by atoms with Gasteiger partial charge in [-0.1, -0.05) is 25.8 Å². The van der Waals surface area contributed by atoms with Gasteiger partial charge in [-0.05, 0) is 43.7 Å². The molecule has 1 aliphatic rings. The second kappa shape index (κ2) is 6.73. The minimum absolute atomic E-state index is 0.247. The van der Waals surface area contributed by atoms with Gasteiger partial charge in [0.1, 0.15) is 11.4 Å². The fourth-order valence-corrected chi connectivity index (χ4v) is 3.09. The first kappa shape index (κ1) is 14.8. The van der Waals surface area contributed by atoms with E-state index in [4.69, 9.17) is 5.11 Å². The summed E-state index contributed by atoms with van der Waals surface area (Å²) in [6.45, 7) is 2.20. The first-order chi connectivity index (χ1) is 9.61. The monoisotopic (exact) mass is 279 g/mol. The first-order valence-corrected chi connectivity index (χ1v) is 7.40. The standard InChI is InChI=1S/C16H22FNO2/c1-2-4-11-7-9-12(10-8-11)18-14-6-3-5-13(17)15(14)16(19)20/h3,5-6,11-12,18H,2,4,7-10H2,1H3,(H,19,20). The zero-order chi connectivity index (χ0) is 14.5. The molecule has 1 aromatic carbocycles. The molecule has 0 heterocycles. The summed E-state index contributed by atoms with van der Waals surface area (Å²) in [5.74, 6) is -1.10. The fourth-order valence-electron chi connectivity index (χ4n) is 3.09. The highest BCUT2D eigenvalue weighted by molar-refractivity contribution is 5.94. The molecular weight excluding hydrogens is 257 g/mol. The Labute approximate surface area is 119 Å². The zero-order valence-corrected chi connectivity index (χ0v) is 11.9. The molecular formula is C16H22FNO2. The van der Waals surface area contributed by atoms with Crippen LogP contribution in [0.5, 0.6) is 0 Å². The quantitative estimate of drug-likeness (QED) is 0.845. The number of carboxylic acid groups (broad SMARTS) is 1. The van der Waals surface area contributed by atoms with Crippen LogP contribution in [-0.4, -0.2) is 17.1 Å². The molecule has 0 aromatic heterocycles. The molecule has 1 fully saturated rings. The third-order valence-corrected chi connectivity index (χ3v) is 4.13. The van der Waals surface area contributed by atoms with Crippen molar-refractivity contribution in [3.63, 3.8) is 0 Å². The maximum absolute atomic E-state index is 13.6. The van der Waals surface area contributed by atoms with Gasteiger partial charge in [-0.15, -0.1) is 0 Å². The van der Waals surface area contributed by atoms with Crippen molar-refractivity contribution < 1.29 is 14.3 Å². The molecule has 1 aromatic rings. The van der Waals surface area contributed by atoms with Gasteiger partial charge >= 0.3 is 5.97 Å². The molecule has 4 heteroatoms. The number of hydrogen-bond acceptors (Lipinski definition) is 2. The van der Waals surface area contributed by atoms with Crippen LogP contribution >= 0.6 is 0 Å². The van der Waals surface area contributed by atoms with E-state index in [-0.39, 0.29) is 11.6 Å². The van der Waals surface area contributed by atoms with Gasteiger partial charge < -0.3 is 10.4 Å². The Hall–Kier alpha value is -1.58. The summed E-state index contributed by atoms with van der Waals surface area (Å²) in [7, 11) is 0. The molecule has 3 nitrogen and oxygen atoms in total. The maximum Gasteiger partial charge on any atom is 0.340 e. The molecule has 0 bridgehead atoms. The largest absolute Gasteiger partial charge is 0.478 e. The molecule has 2 rings (SSSR count). The summed E-state index contributed by atoms with van der Waals surface area (Å²) in [5.41, 5.74) is 0.152. The van der Waals surface area contributed by atoms with Gasteiger partial charge in [0.15, 0.2) is 0 Å². The van der Waals surface area contributed by atoms with Crippen LogP contribution in [-0.2, 0) is 0 Å². The number of aromatic carboxylic acids is 1. The predicted octanol–water partition coefficient (Wildman–Crippen LogP) is 4.29. The lowest BCUT2D eigenvalue weighted by atomic mass is 9.83. The molecule has 0 radical (unpaired) electrons. The van der Waals surface area contributed by atoms with Crippen LogP contribution in [0.25, 0.3) is 0 Å². The molecule has 0 amide bonds. The second-order valence-electron chi connectivity index (χ2n) is 5.62. The van der Waals surface area contributed by atoms with Gasteiger partial charge in [0.25, 0.3) is 0 Å². The average Bonchev–Trinajstić information content (AvgIpc) is 2.41. The van der Waals surface area contributed by atoms with Gasteiger partial charge in [0, 0.05) is 6.04 Å². The summed E-state index contributed by atoms with van der Waals surface area (Å²) in [6.07, 6.45) is 6.88. The Morgan fingerprint density at radius 1 is 1.35 bits per heavy atom. The maximum atomic E-state index is 13.6. The third-order valence-electron chi connectivity index (χ3n) is 4.13. The Kier molecular flexibility index (Phi) is 4.99. The van der Waals surface area contributed by atoms with Crippen LogP contribution in [0.2, 0.25) is 0 Å². The molecule has 1 saturated carbocycles. The van der Waals surface area contributed by atoms with Crippen LogP contribution < -0.4 is 5.32 Å². The summed E-state index contributed by atoms with van der Waals surface area (Å²) in [5, 5.41) is 12.3. The highest BCUT2D eigenvalue weighted by Gasteiger charge is 2.23. The molecule has 0 unspecified atom stereocenters. The first-order valence-electron chi connectivity index (χ1n) is 7.40. The second-order valence-corrected chi connectivity index (χ2v) is 5.62. The lowest BCUT2D eigenvalue weighted by Gasteiger charge is -2.30. The van der Waals surface area contributed by atoms with Crippen LogP contribution in [0, 0.1) is 11.7 Å². The van der Waals surface area contributed by atoms with E-state index in [1.165, 1.54) is 31.7 Å². The van der Waals surface area contributed by atoms with Crippen LogP contribution in [0.3, 0.4) is 0 Å². The Morgan fingerprint density at radius 3 is 2.65 bits per heavy atom. The number of nitrogens with one attached hydrogen (secondary N) is 1. The van der Waals surface area contributed by atoms with E-state index in [1.807, 2.05) is 0 Å². The van der Waals surface area contributed by atoms with Crippen LogP contribution in [0.4, 0.5) is 10.1 Å². The summed E-state index contributed by atoms with van der Waals surface area (Å²) < 4.78 is 13.6. The Morgan fingerprint density at radius 2 is 2.05 bits per heavy atom. The Bertz CT molecular complexity index is 468. The highest BCUT2D eigenvalue weighted by Crippen LogP contribution is 2.30.